The summed E-state index contributed by atoms with van der Waals surface area (Å²) in [5, 5.41) is 0. The molecule has 0 aliphatic rings. The van der Waals surface area contributed by atoms with E-state index in [4.69, 9.17) is 20.6 Å². The fourth-order valence-electron chi connectivity index (χ4n) is 1.33. The maximum absolute atomic E-state index is 12.9. The molecule has 0 fully saturated rings. The molecule has 0 aliphatic carbocycles. The first-order valence-electron chi connectivity index (χ1n) is 5.55. The molecule has 18 heavy (non-hydrogen) atoms. The molecule has 0 radical (unpaired) electrons. The topological polar surface area (TPSA) is 59.1 Å². The second kappa shape index (κ2) is 7.39. The van der Waals surface area contributed by atoms with E-state index >= 15 is 0 Å². The van der Waals surface area contributed by atoms with E-state index in [1.807, 2.05) is 0 Å². The van der Waals surface area contributed by atoms with Crippen LogP contribution in [0.15, 0.2) is 0 Å². The fraction of sp³-hybridized carbons (Fsp3) is 0.889. The molecule has 0 heterocycles. The van der Waals surface area contributed by atoms with Crippen LogP contribution in [0.25, 0.3) is 0 Å². The van der Waals surface area contributed by atoms with Gasteiger partial charge in [-0.3, -0.25) is 13.9 Å². The zero-order valence-electron chi connectivity index (χ0n) is 11.7. The molecule has 9 heteroatoms. The molecule has 0 aromatic rings. The van der Waals surface area contributed by atoms with Crippen molar-refractivity contribution in [2.24, 2.45) is 0 Å². The van der Waals surface area contributed by atoms with Gasteiger partial charge < -0.3 is 25.2 Å². The van der Waals surface area contributed by atoms with Gasteiger partial charge in [-0.25, -0.2) is 0 Å². The Morgan fingerprint density at radius 1 is 1.00 bits per heavy atom. The van der Waals surface area contributed by atoms with Crippen molar-refractivity contribution in [3.63, 3.8) is 0 Å². The molecule has 0 aromatic carbocycles. The first-order valence-corrected chi connectivity index (χ1v) is 9.08. The van der Waals surface area contributed by atoms with Gasteiger partial charge in [0.2, 0.25) is 7.60 Å². The van der Waals surface area contributed by atoms with Crippen LogP contribution in [0.4, 0.5) is 0 Å². The van der Waals surface area contributed by atoms with Crippen molar-refractivity contribution >= 4 is 26.6 Å². The first-order chi connectivity index (χ1) is 8.16. The van der Waals surface area contributed by atoms with E-state index in [9.17, 15) is 9.13 Å². The number of hydrogen-bond acceptors (Lipinski definition) is 4. The van der Waals surface area contributed by atoms with Crippen LogP contribution in [0.1, 0.15) is 13.8 Å². The summed E-state index contributed by atoms with van der Waals surface area (Å²) in [4.78, 5) is -0.270. The van der Waals surface area contributed by atoms with E-state index in [-0.39, 0.29) is 18.1 Å². The van der Waals surface area contributed by atoms with Gasteiger partial charge in [-0.05, 0) is 46.9 Å². The van der Waals surface area contributed by atoms with Crippen molar-refractivity contribution in [1.82, 2.24) is 9.34 Å². The molecule has 0 aliphatic heterocycles. The monoisotopic (exact) mass is 319 g/mol. The van der Waals surface area contributed by atoms with E-state index in [1.165, 1.54) is 9.34 Å². The molecule has 0 N–H and O–H groups in total. The lowest BCUT2D eigenvalue weighted by Gasteiger charge is -2.46. The molecule has 0 saturated carbocycles. The highest BCUT2D eigenvalue weighted by atomic mass is 35.5. The lowest BCUT2D eigenvalue weighted by Crippen LogP contribution is -2.24. The van der Waals surface area contributed by atoms with Crippen LogP contribution in [0.5, 0.6) is 0 Å². The summed E-state index contributed by atoms with van der Waals surface area (Å²) in [5.41, 5.74) is 0. The smallest absolute Gasteiger partial charge is 0.213 e. The number of nitrogens with zero attached hydrogens (tertiary/aromatic N) is 2. The van der Waals surface area contributed by atoms with Crippen LogP contribution in [0, 0.1) is 4.86 Å². The van der Waals surface area contributed by atoms with Crippen molar-refractivity contribution in [3.8, 4) is 0 Å². The van der Waals surface area contributed by atoms with Gasteiger partial charge in [-0.15, -0.1) is 0 Å². The first kappa shape index (κ1) is 18.6. The summed E-state index contributed by atoms with van der Waals surface area (Å²) in [6.45, 7) is 3.67. The molecule has 0 amide bonds. The van der Waals surface area contributed by atoms with E-state index in [0.717, 1.165) is 0 Å². The Morgan fingerprint density at radius 2 is 1.33 bits per heavy atom. The van der Waals surface area contributed by atoms with Gasteiger partial charge in [-0.2, -0.15) is 0 Å². The molecule has 0 unspecified atom stereocenters. The molecule has 110 valence electrons. The summed E-state index contributed by atoms with van der Waals surface area (Å²) in [6, 6.07) is 0. The Hall–Kier alpha value is 0.590. The van der Waals surface area contributed by atoms with Gasteiger partial charge in [-0.1, -0.05) is 0 Å². The standard InChI is InChI=1S/C9H22ClN2O4P2/c1-7-15-18(14,16-8-2)9(10)17(13,11(3)4)12(5)6/h7-8H2,1-6H3/q-1. The molecule has 6 nitrogen and oxygen atoms in total. The molecular weight excluding hydrogens is 298 g/mol. The highest BCUT2D eigenvalue weighted by Gasteiger charge is 2.37. The van der Waals surface area contributed by atoms with Crippen LogP contribution in [0.3, 0.4) is 0 Å². The minimum Gasteiger partial charge on any atom is -0.330 e. The van der Waals surface area contributed by atoms with Crippen molar-refractivity contribution in [2.45, 2.75) is 13.8 Å². The predicted octanol–water partition coefficient (Wildman–Crippen LogP) is 3.25. The maximum Gasteiger partial charge on any atom is 0.213 e. The van der Waals surface area contributed by atoms with Crippen molar-refractivity contribution < 1.29 is 18.2 Å². The second-order valence-corrected chi connectivity index (χ2v) is 10.2. The lowest BCUT2D eigenvalue weighted by molar-refractivity contribution is 0.225. The van der Waals surface area contributed by atoms with Gasteiger partial charge in [0.15, 0.2) is 0 Å². The number of halogens is 1. The zero-order chi connectivity index (χ0) is 14.6. The van der Waals surface area contributed by atoms with Gasteiger partial charge >= 0.3 is 0 Å². The Morgan fingerprint density at radius 3 is 1.56 bits per heavy atom. The minimum atomic E-state index is -3.70. The van der Waals surface area contributed by atoms with Gasteiger partial charge in [0.25, 0.3) is 0 Å². The van der Waals surface area contributed by atoms with Gasteiger partial charge in [0, 0.05) is 0 Å². The van der Waals surface area contributed by atoms with E-state index < -0.39 is 15.0 Å². The third-order valence-corrected chi connectivity index (χ3v) is 9.24. The average Bonchev–Trinajstić information content (AvgIpc) is 2.26. The van der Waals surface area contributed by atoms with Crippen LogP contribution in [-0.2, 0) is 18.2 Å². The predicted molar refractivity (Wildman–Crippen MR) is 74.9 cm³/mol. The maximum atomic E-state index is 12.9. The number of rotatable bonds is 8. The highest BCUT2D eigenvalue weighted by molar-refractivity contribution is 7.82. The minimum absolute atomic E-state index is 0.161. The Balaban J connectivity index is 5.48. The third kappa shape index (κ3) is 3.80. The van der Waals surface area contributed by atoms with E-state index in [2.05, 4.69) is 0 Å². The Labute approximate surface area is 115 Å². The summed E-state index contributed by atoms with van der Waals surface area (Å²) in [6.07, 6.45) is 0. The van der Waals surface area contributed by atoms with Crippen LogP contribution >= 0.6 is 26.6 Å². The Kier molecular flexibility index (Phi) is 7.64. The van der Waals surface area contributed by atoms with Crippen LogP contribution < -0.4 is 0 Å². The van der Waals surface area contributed by atoms with Crippen molar-refractivity contribution in [2.75, 3.05) is 41.4 Å². The fourth-order valence-corrected chi connectivity index (χ4v) is 7.57. The Bertz CT molecular complexity index is 329. The van der Waals surface area contributed by atoms with E-state index in [1.54, 1.807) is 42.0 Å². The SMILES string of the molecule is CCOP(=O)(OCC)[C-](Cl)P(=O)(N(C)C)N(C)C. The molecule has 0 spiro atoms. The second-order valence-electron chi connectivity index (χ2n) is 3.84. The molecular formula is C9H22ClN2O4P2-. The third-order valence-electron chi connectivity index (χ3n) is 2.15. The summed E-state index contributed by atoms with van der Waals surface area (Å²) < 4.78 is 38.5. The highest BCUT2D eigenvalue weighted by Crippen LogP contribution is 2.77. The largest absolute Gasteiger partial charge is 0.330 e. The van der Waals surface area contributed by atoms with Crippen molar-refractivity contribution in [3.05, 3.63) is 4.86 Å². The van der Waals surface area contributed by atoms with Crippen molar-refractivity contribution in [1.29, 1.82) is 0 Å². The van der Waals surface area contributed by atoms with Crippen LogP contribution in [-0.4, -0.2) is 50.7 Å². The molecule has 0 saturated heterocycles. The summed E-state index contributed by atoms with van der Waals surface area (Å²) in [7, 11) is -0.593. The van der Waals surface area contributed by atoms with Gasteiger partial charge in [0.1, 0.15) is 7.44 Å². The average molecular weight is 320 g/mol. The molecule has 0 rings (SSSR count). The molecule has 0 atom stereocenters. The molecule has 0 aromatic heterocycles. The quantitative estimate of drug-likeness (QED) is 0.505. The summed E-state index contributed by atoms with van der Waals surface area (Å²) >= 11 is 6.10. The lowest BCUT2D eigenvalue weighted by atomic mass is 10.9. The molecule has 0 bridgehead atoms. The summed E-state index contributed by atoms with van der Waals surface area (Å²) in [5.74, 6) is 0. The van der Waals surface area contributed by atoms with Gasteiger partial charge in [0.05, 0.1) is 13.2 Å². The zero-order valence-corrected chi connectivity index (χ0v) is 14.3. The number of hydrogen-bond donors (Lipinski definition) is 0. The normalized spacial score (nSPS) is 13.9. The van der Waals surface area contributed by atoms with E-state index in [0.29, 0.717) is 0 Å². The van der Waals surface area contributed by atoms with Crippen LogP contribution in [0.2, 0.25) is 0 Å².